The van der Waals surface area contributed by atoms with Crippen molar-refractivity contribution in [1.82, 2.24) is 5.32 Å². The first-order valence-corrected chi connectivity index (χ1v) is 8.38. The zero-order valence-electron chi connectivity index (χ0n) is 12.8. The molecule has 108 valence electrons. The summed E-state index contributed by atoms with van der Waals surface area (Å²) in [7, 11) is -0.915. The minimum absolute atomic E-state index is 0.149. The monoisotopic (exact) mass is 281 g/mol. The highest BCUT2D eigenvalue weighted by Crippen LogP contribution is 2.23. The summed E-state index contributed by atoms with van der Waals surface area (Å²) in [6.45, 7) is 11.8. The summed E-state index contributed by atoms with van der Waals surface area (Å²) in [6.07, 6.45) is 1.11. The molecule has 1 aromatic carbocycles. The van der Waals surface area contributed by atoms with Crippen molar-refractivity contribution in [1.29, 1.82) is 0 Å². The molecule has 0 radical (unpaired) electrons. The standard InChI is InChI=1S/C16H27NOS/c1-6-11-17-13(2)12-19(18)15-9-7-14(8-10-15)16(3,4)5/h7-10,13,17H,6,11-12H2,1-5H3. The molecular weight excluding hydrogens is 254 g/mol. The van der Waals surface area contributed by atoms with Crippen LogP contribution in [0.1, 0.15) is 46.6 Å². The van der Waals surface area contributed by atoms with Crippen molar-refractivity contribution in [3.8, 4) is 0 Å². The minimum Gasteiger partial charge on any atom is -0.313 e. The smallest absolute Gasteiger partial charge is 0.0545 e. The lowest BCUT2D eigenvalue weighted by molar-refractivity contribution is 0.581. The van der Waals surface area contributed by atoms with Crippen LogP contribution in [0, 0.1) is 0 Å². The first kappa shape index (κ1) is 16.4. The van der Waals surface area contributed by atoms with Gasteiger partial charge in [-0.25, -0.2) is 0 Å². The van der Waals surface area contributed by atoms with Crippen molar-refractivity contribution in [3.05, 3.63) is 29.8 Å². The Balaban J connectivity index is 2.63. The van der Waals surface area contributed by atoms with E-state index in [1.165, 1.54) is 5.56 Å². The molecule has 3 heteroatoms. The van der Waals surface area contributed by atoms with Crippen LogP contribution in [0.3, 0.4) is 0 Å². The largest absolute Gasteiger partial charge is 0.313 e. The van der Waals surface area contributed by atoms with Crippen LogP contribution in [0.15, 0.2) is 29.2 Å². The summed E-state index contributed by atoms with van der Waals surface area (Å²) >= 11 is 0. The molecule has 0 heterocycles. The Kier molecular flexibility index (Phi) is 6.21. The molecule has 2 atom stereocenters. The van der Waals surface area contributed by atoms with Crippen LogP contribution in [0.25, 0.3) is 0 Å². The molecule has 0 aliphatic heterocycles. The van der Waals surface area contributed by atoms with Gasteiger partial charge in [-0.05, 0) is 43.0 Å². The second-order valence-corrected chi connectivity index (χ2v) is 7.64. The van der Waals surface area contributed by atoms with E-state index in [9.17, 15) is 4.21 Å². The molecular formula is C16H27NOS. The average Bonchev–Trinajstić information content (AvgIpc) is 2.35. The van der Waals surface area contributed by atoms with E-state index in [1.807, 2.05) is 12.1 Å². The second-order valence-electron chi connectivity index (χ2n) is 6.14. The zero-order chi connectivity index (χ0) is 14.5. The summed E-state index contributed by atoms with van der Waals surface area (Å²) in [5.74, 6) is 0.675. The quantitative estimate of drug-likeness (QED) is 0.865. The Morgan fingerprint density at radius 3 is 2.26 bits per heavy atom. The van der Waals surface area contributed by atoms with Crippen LogP contribution >= 0.6 is 0 Å². The third-order valence-corrected chi connectivity index (χ3v) is 4.73. The predicted octanol–water partition coefficient (Wildman–Crippen LogP) is 3.48. The molecule has 0 aliphatic carbocycles. The van der Waals surface area contributed by atoms with Gasteiger partial charge in [0, 0.05) is 16.7 Å². The van der Waals surface area contributed by atoms with Gasteiger partial charge in [0.2, 0.25) is 0 Å². The molecule has 0 saturated heterocycles. The molecule has 1 N–H and O–H groups in total. The maximum absolute atomic E-state index is 12.3. The highest BCUT2D eigenvalue weighted by Gasteiger charge is 2.14. The van der Waals surface area contributed by atoms with Crippen LogP contribution in [-0.4, -0.2) is 22.5 Å². The van der Waals surface area contributed by atoms with Crippen LogP contribution < -0.4 is 5.32 Å². The van der Waals surface area contributed by atoms with Gasteiger partial charge in [-0.2, -0.15) is 0 Å². The van der Waals surface area contributed by atoms with Crippen LogP contribution in [-0.2, 0) is 16.2 Å². The molecule has 0 aliphatic rings. The fraction of sp³-hybridized carbons (Fsp3) is 0.625. The number of hydrogen-bond acceptors (Lipinski definition) is 2. The lowest BCUT2D eigenvalue weighted by atomic mass is 9.87. The first-order chi connectivity index (χ1) is 8.84. The fourth-order valence-electron chi connectivity index (χ4n) is 1.88. The van der Waals surface area contributed by atoms with Gasteiger partial charge in [0.1, 0.15) is 0 Å². The molecule has 0 saturated carbocycles. The van der Waals surface area contributed by atoms with E-state index in [4.69, 9.17) is 0 Å². The molecule has 1 aromatic rings. The first-order valence-electron chi connectivity index (χ1n) is 7.07. The summed E-state index contributed by atoms with van der Waals surface area (Å²) in [6, 6.07) is 8.49. The van der Waals surface area contributed by atoms with Crippen molar-refractivity contribution in [2.24, 2.45) is 0 Å². The fourth-order valence-corrected chi connectivity index (χ4v) is 3.08. The Morgan fingerprint density at radius 2 is 1.79 bits per heavy atom. The zero-order valence-corrected chi connectivity index (χ0v) is 13.6. The maximum atomic E-state index is 12.3. The summed E-state index contributed by atoms with van der Waals surface area (Å²) in [5.41, 5.74) is 1.43. The number of hydrogen-bond donors (Lipinski definition) is 1. The number of rotatable bonds is 6. The summed E-state index contributed by atoms with van der Waals surface area (Å²) in [4.78, 5) is 0.929. The predicted molar refractivity (Wildman–Crippen MR) is 84.2 cm³/mol. The molecule has 0 amide bonds. The lowest BCUT2D eigenvalue weighted by Crippen LogP contribution is -2.31. The lowest BCUT2D eigenvalue weighted by Gasteiger charge is -2.19. The highest BCUT2D eigenvalue weighted by molar-refractivity contribution is 7.85. The highest BCUT2D eigenvalue weighted by atomic mass is 32.2. The van der Waals surface area contributed by atoms with Gasteiger partial charge in [0.15, 0.2) is 0 Å². The van der Waals surface area contributed by atoms with Crippen molar-refractivity contribution in [2.75, 3.05) is 12.3 Å². The summed E-state index contributed by atoms with van der Waals surface area (Å²) < 4.78 is 12.3. The van der Waals surface area contributed by atoms with Crippen LogP contribution in [0.5, 0.6) is 0 Å². The van der Waals surface area contributed by atoms with Gasteiger partial charge in [0.25, 0.3) is 0 Å². The van der Waals surface area contributed by atoms with Crippen molar-refractivity contribution < 1.29 is 4.21 Å². The molecule has 1 rings (SSSR count). The molecule has 0 spiro atoms. The van der Waals surface area contributed by atoms with Crippen LogP contribution in [0.2, 0.25) is 0 Å². The van der Waals surface area contributed by atoms with Gasteiger partial charge >= 0.3 is 0 Å². The third kappa shape index (κ3) is 5.45. The molecule has 19 heavy (non-hydrogen) atoms. The molecule has 2 unspecified atom stereocenters. The van der Waals surface area contributed by atoms with Gasteiger partial charge in [0.05, 0.1) is 10.8 Å². The SMILES string of the molecule is CCCNC(C)CS(=O)c1ccc(C(C)(C)C)cc1. The number of benzene rings is 1. The normalized spacial score (nSPS) is 15.2. The van der Waals surface area contributed by atoms with E-state index >= 15 is 0 Å². The Hall–Kier alpha value is -0.670. The molecule has 0 fully saturated rings. The van der Waals surface area contributed by atoms with E-state index in [0.717, 1.165) is 17.9 Å². The minimum atomic E-state index is -0.915. The average molecular weight is 281 g/mol. The Labute approximate surface area is 120 Å². The van der Waals surface area contributed by atoms with E-state index in [0.29, 0.717) is 11.8 Å². The van der Waals surface area contributed by atoms with E-state index in [-0.39, 0.29) is 5.41 Å². The van der Waals surface area contributed by atoms with Crippen molar-refractivity contribution >= 4 is 10.8 Å². The summed E-state index contributed by atoms with van der Waals surface area (Å²) in [5, 5.41) is 3.38. The topological polar surface area (TPSA) is 29.1 Å². The molecule has 0 bridgehead atoms. The van der Waals surface area contributed by atoms with Gasteiger partial charge < -0.3 is 5.32 Å². The van der Waals surface area contributed by atoms with E-state index in [2.05, 4.69) is 52.1 Å². The third-order valence-electron chi connectivity index (χ3n) is 3.13. The van der Waals surface area contributed by atoms with E-state index in [1.54, 1.807) is 0 Å². The van der Waals surface area contributed by atoms with Crippen molar-refractivity contribution in [2.45, 2.75) is 57.4 Å². The van der Waals surface area contributed by atoms with Gasteiger partial charge in [-0.15, -0.1) is 0 Å². The second kappa shape index (κ2) is 7.20. The van der Waals surface area contributed by atoms with E-state index < -0.39 is 10.8 Å². The van der Waals surface area contributed by atoms with Crippen molar-refractivity contribution in [3.63, 3.8) is 0 Å². The maximum Gasteiger partial charge on any atom is 0.0545 e. The number of nitrogens with one attached hydrogen (secondary N) is 1. The molecule has 0 aromatic heterocycles. The van der Waals surface area contributed by atoms with Gasteiger partial charge in [-0.3, -0.25) is 4.21 Å². The Morgan fingerprint density at radius 1 is 1.21 bits per heavy atom. The van der Waals surface area contributed by atoms with Gasteiger partial charge in [-0.1, -0.05) is 39.8 Å². The molecule has 2 nitrogen and oxygen atoms in total. The van der Waals surface area contributed by atoms with Crippen LogP contribution in [0.4, 0.5) is 0 Å². The Bertz CT molecular complexity index is 406.